The second kappa shape index (κ2) is 7.81. The Morgan fingerprint density at radius 3 is 2.52 bits per heavy atom. The number of benzene rings is 1. The van der Waals surface area contributed by atoms with Crippen molar-refractivity contribution >= 4 is 21.4 Å². The molecule has 0 amide bonds. The van der Waals surface area contributed by atoms with E-state index in [-0.39, 0.29) is 34.1 Å². The van der Waals surface area contributed by atoms with Crippen molar-refractivity contribution in [2.45, 2.75) is 68.7 Å². The summed E-state index contributed by atoms with van der Waals surface area (Å²) in [6, 6.07) is 3.23. The van der Waals surface area contributed by atoms with E-state index in [1.807, 2.05) is 27.7 Å². The molecule has 0 atom stereocenters. The summed E-state index contributed by atoms with van der Waals surface area (Å²) in [5, 5.41) is 10.1. The quantitative estimate of drug-likeness (QED) is 0.634. The lowest BCUT2D eigenvalue weighted by Gasteiger charge is -2.21. The summed E-state index contributed by atoms with van der Waals surface area (Å²) in [5.41, 5.74) is 1.66. The predicted molar refractivity (Wildman–Crippen MR) is 113 cm³/mol. The summed E-state index contributed by atoms with van der Waals surface area (Å²) in [6.45, 7) is 11.7. The van der Waals surface area contributed by atoms with Crippen molar-refractivity contribution in [1.82, 2.24) is 9.71 Å². The predicted octanol–water partition coefficient (Wildman–Crippen LogP) is 4.55. The third-order valence-electron chi connectivity index (χ3n) is 5.10. The number of hydrogen-bond donors (Lipinski definition) is 2. The number of sulfonamides is 1. The van der Waals surface area contributed by atoms with Crippen LogP contribution in [0.1, 0.15) is 73.9 Å². The number of halogens is 1. The van der Waals surface area contributed by atoms with Crippen LogP contribution in [0.15, 0.2) is 34.9 Å². The van der Waals surface area contributed by atoms with Crippen LogP contribution >= 0.6 is 11.3 Å². The van der Waals surface area contributed by atoms with Gasteiger partial charge in [0.15, 0.2) is 0 Å². The smallest absolute Gasteiger partial charge is 0.289 e. The van der Waals surface area contributed by atoms with E-state index >= 15 is 0 Å². The molecule has 8 heteroatoms. The van der Waals surface area contributed by atoms with Crippen LogP contribution in [-0.2, 0) is 22.0 Å². The van der Waals surface area contributed by atoms with Gasteiger partial charge in [-0.3, -0.25) is 4.72 Å². The van der Waals surface area contributed by atoms with Gasteiger partial charge < -0.3 is 5.11 Å². The van der Waals surface area contributed by atoms with Crippen LogP contribution in [0.3, 0.4) is 0 Å². The Bertz CT molecular complexity index is 1040. The number of rotatable bonds is 8. The van der Waals surface area contributed by atoms with Crippen LogP contribution in [0.4, 0.5) is 4.39 Å². The molecule has 29 heavy (non-hydrogen) atoms. The van der Waals surface area contributed by atoms with Gasteiger partial charge in [-0.05, 0) is 47.4 Å². The largest absolute Gasteiger partial charge is 0.384 e. The summed E-state index contributed by atoms with van der Waals surface area (Å²) >= 11 is 0.963. The molecule has 1 aromatic carbocycles. The van der Waals surface area contributed by atoms with E-state index in [4.69, 9.17) is 0 Å². The van der Waals surface area contributed by atoms with Gasteiger partial charge in [0.05, 0.1) is 4.88 Å². The molecule has 5 nitrogen and oxygen atoms in total. The summed E-state index contributed by atoms with van der Waals surface area (Å²) in [6.07, 6.45) is 2.84. The van der Waals surface area contributed by atoms with E-state index in [0.717, 1.165) is 22.5 Å². The Kier molecular flexibility index (Phi) is 5.91. The summed E-state index contributed by atoms with van der Waals surface area (Å²) in [7, 11) is -3.91. The summed E-state index contributed by atoms with van der Waals surface area (Å²) < 4.78 is 42.3. The molecular weight excluding hydrogens is 411 g/mol. The maximum Gasteiger partial charge on any atom is 0.289 e. The first kappa shape index (κ1) is 21.9. The Morgan fingerprint density at radius 2 is 1.97 bits per heavy atom. The van der Waals surface area contributed by atoms with Crippen molar-refractivity contribution in [2.75, 3.05) is 0 Å². The first-order chi connectivity index (χ1) is 13.4. The molecule has 1 aliphatic rings. The molecule has 1 aliphatic carbocycles. The van der Waals surface area contributed by atoms with Crippen LogP contribution in [0.2, 0.25) is 0 Å². The standard InChI is InChI=1S/C21H27FN2O3S2/c1-12(2)15-6-7-17(22)19(13(3)4)16(15)10-14(5)24-29(26,27)20-23-11-18(28-20)21(25)8-9-21/h6-7,11-13,24-25H,5,8-10H2,1-4H3. The highest BCUT2D eigenvalue weighted by Crippen LogP contribution is 2.47. The Labute approximate surface area is 175 Å². The Balaban J connectivity index is 1.85. The zero-order valence-electron chi connectivity index (χ0n) is 17.1. The van der Waals surface area contributed by atoms with Gasteiger partial charge in [0.25, 0.3) is 10.0 Å². The second-order valence-corrected chi connectivity index (χ2v) is 11.1. The summed E-state index contributed by atoms with van der Waals surface area (Å²) in [4.78, 5) is 4.52. The van der Waals surface area contributed by atoms with E-state index in [0.29, 0.717) is 23.3 Å². The van der Waals surface area contributed by atoms with Gasteiger partial charge in [0.2, 0.25) is 4.34 Å². The fourth-order valence-electron chi connectivity index (χ4n) is 3.46. The lowest BCUT2D eigenvalue weighted by Crippen LogP contribution is -2.24. The van der Waals surface area contributed by atoms with Crippen molar-refractivity contribution in [3.05, 3.63) is 58.0 Å². The zero-order valence-corrected chi connectivity index (χ0v) is 18.8. The minimum atomic E-state index is -3.91. The Hall–Kier alpha value is -1.77. The normalized spacial score (nSPS) is 15.7. The molecule has 0 saturated heterocycles. The molecule has 1 heterocycles. The molecular formula is C21H27FN2O3S2. The van der Waals surface area contributed by atoms with Gasteiger partial charge in [0.1, 0.15) is 11.4 Å². The lowest BCUT2D eigenvalue weighted by molar-refractivity contribution is 0.155. The number of aliphatic hydroxyl groups is 1. The van der Waals surface area contributed by atoms with E-state index in [2.05, 4.69) is 16.3 Å². The molecule has 0 radical (unpaired) electrons. The number of hydrogen-bond acceptors (Lipinski definition) is 5. The third-order valence-corrected chi connectivity index (χ3v) is 8.12. The number of nitrogens with one attached hydrogen (secondary N) is 1. The highest BCUT2D eigenvalue weighted by Gasteiger charge is 2.44. The fraction of sp³-hybridized carbons (Fsp3) is 0.476. The second-order valence-electron chi connectivity index (χ2n) is 8.25. The van der Waals surface area contributed by atoms with E-state index in [1.54, 1.807) is 6.07 Å². The topological polar surface area (TPSA) is 79.3 Å². The van der Waals surface area contributed by atoms with E-state index in [1.165, 1.54) is 12.3 Å². The molecule has 2 aromatic rings. The highest BCUT2D eigenvalue weighted by molar-refractivity contribution is 7.91. The average Bonchev–Trinajstić information content (AvgIpc) is 3.14. The first-order valence-corrected chi connectivity index (χ1v) is 11.9. The molecule has 1 aromatic heterocycles. The zero-order chi connectivity index (χ0) is 21.6. The van der Waals surface area contributed by atoms with Crippen molar-refractivity contribution in [1.29, 1.82) is 0 Å². The van der Waals surface area contributed by atoms with Gasteiger partial charge in [-0.15, -0.1) is 11.3 Å². The number of thiazole rings is 1. The van der Waals surface area contributed by atoms with Crippen LogP contribution in [-0.4, -0.2) is 18.5 Å². The highest BCUT2D eigenvalue weighted by atomic mass is 32.2. The van der Waals surface area contributed by atoms with Gasteiger partial charge in [-0.25, -0.2) is 9.37 Å². The van der Waals surface area contributed by atoms with Crippen molar-refractivity contribution in [3.63, 3.8) is 0 Å². The molecule has 2 N–H and O–H groups in total. The van der Waals surface area contributed by atoms with Crippen molar-refractivity contribution < 1.29 is 17.9 Å². The van der Waals surface area contributed by atoms with Crippen LogP contribution < -0.4 is 4.72 Å². The Morgan fingerprint density at radius 1 is 1.31 bits per heavy atom. The summed E-state index contributed by atoms with van der Waals surface area (Å²) in [5.74, 6) is -0.181. The number of nitrogens with zero attached hydrogens (tertiary/aromatic N) is 1. The van der Waals surface area contributed by atoms with Crippen LogP contribution in [0, 0.1) is 5.82 Å². The molecule has 0 aliphatic heterocycles. The maximum atomic E-state index is 14.5. The lowest BCUT2D eigenvalue weighted by atomic mass is 9.86. The minimum Gasteiger partial charge on any atom is -0.384 e. The van der Waals surface area contributed by atoms with E-state index in [9.17, 15) is 17.9 Å². The molecule has 1 fully saturated rings. The monoisotopic (exact) mass is 438 g/mol. The average molecular weight is 439 g/mol. The van der Waals surface area contributed by atoms with Gasteiger partial charge >= 0.3 is 0 Å². The van der Waals surface area contributed by atoms with Gasteiger partial charge in [-0.1, -0.05) is 40.3 Å². The molecule has 0 unspecified atom stereocenters. The third kappa shape index (κ3) is 4.54. The number of aromatic nitrogens is 1. The maximum absolute atomic E-state index is 14.5. The fourth-order valence-corrected chi connectivity index (χ4v) is 5.82. The SMILES string of the molecule is C=C(Cc1c(C(C)C)ccc(F)c1C(C)C)NS(=O)(=O)c1ncc(C2(O)CC2)s1. The molecule has 1 saturated carbocycles. The van der Waals surface area contributed by atoms with Crippen molar-refractivity contribution in [3.8, 4) is 0 Å². The number of allylic oxidation sites excluding steroid dienone is 1. The molecule has 3 rings (SSSR count). The molecule has 0 spiro atoms. The van der Waals surface area contributed by atoms with Crippen LogP contribution in [0.5, 0.6) is 0 Å². The van der Waals surface area contributed by atoms with E-state index < -0.39 is 15.6 Å². The van der Waals surface area contributed by atoms with Gasteiger partial charge in [-0.2, -0.15) is 8.42 Å². The molecule has 158 valence electrons. The van der Waals surface area contributed by atoms with Crippen molar-refractivity contribution in [2.24, 2.45) is 0 Å². The molecule has 0 bridgehead atoms. The van der Waals surface area contributed by atoms with Gasteiger partial charge in [0, 0.05) is 18.3 Å². The first-order valence-electron chi connectivity index (χ1n) is 9.65. The van der Waals surface area contributed by atoms with Crippen LogP contribution in [0.25, 0.3) is 0 Å². The minimum absolute atomic E-state index is 0.0473.